The highest BCUT2D eigenvalue weighted by molar-refractivity contribution is 7.91. The summed E-state index contributed by atoms with van der Waals surface area (Å²) in [5, 5.41) is 3.22. The second kappa shape index (κ2) is 5.76. The van der Waals surface area contributed by atoms with Crippen LogP contribution in [0.5, 0.6) is 0 Å². The molecule has 3 rings (SSSR count). The number of nitrogens with one attached hydrogen (secondary N) is 1. The molecule has 0 bridgehead atoms. The molecule has 0 radical (unpaired) electrons. The summed E-state index contributed by atoms with van der Waals surface area (Å²) >= 11 is 0. The van der Waals surface area contributed by atoms with Crippen molar-refractivity contribution >= 4 is 21.5 Å². The Bertz CT molecular complexity index is 598. The lowest BCUT2D eigenvalue weighted by Crippen LogP contribution is -2.44. The molecule has 8 heteroatoms. The van der Waals surface area contributed by atoms with E-state index in [-0.39, 0.29) is 17.5 Å². The second-order valence-corrected chi connectivity index (χ2v) is 8.02. The number of piperazine rings is 1. The van der Waals surface area contributed by atoms with E-state index in [1.807, 2.05) is 6.07 Å². The number of hydrogen-bond acceptors (Lipinski definition) is 7. The Balaban J connectivity index is 1.66. The molecule has 0 saturated carbocycles. The van der Waals surface area contributed by atoms with Gasteiger partial charge in [-0.1, -0.05) is 0 Å². The predicted octanol–water partition coefficient (Wildman–Crippen LogP) is -0.173. The van der Waals surface area contributed by atoms with Gasteiger partial charge in [0.1, 0.15) is 18.0 Å². The smallest absolute Gasteiger partial charge is 0.152 e. The number of rotatable bonds is 3. The van der Waals surface area contributed by atoms with Crippen LogP contribution in [0.2, 0.25) is 0 Å². The van der Waals surface area contributed by atoms with Crippen LogP contribution in [0.25, 0.3) is 0 Å². The number of nitrogens with zero attached hydrogens (tertiary/aromatic N) is 4. The van der Waals surface area contributed by atoms with Gasteiger partial charge in [0, 0.05) is 38.3 Å². The number of anilines is 2. The third-order valence-corrected chi connectivity index (χ3v) is 5.83. The Morgan fingerprint density at radius 2 is 2.00 bits per heavy atom. The molecule has 0 aliphatic carbocycles. The van der Waals surface area contributed by atoms with Gasteiger partial charge in [-0.25, -0.2) is 18.4 Å². The van der Waals surface area contributed by atoms with Crippen molar-refractivity contribution in [1.29, 1.82) is 0 Å². The van der Waals surface area contributed by atoms with Gasteiger partial charge in [0.2, 0.25) is 0 Å². The number of hydrogen-bond donors (Lipinski definition) is 1. The van der Waals surface area contributed by atoms with Gasteiger partial charge < -0.3 is 15.1 Å². The van der Waals surface area contributed by atoms with Crippen molar-refractivity contribution in [3.8, 4) is 0 Å². The van der Waals surface area contributed by atoms with Crippen molar-refractivity contribution < 1.29 is 8.42 Å². The van der Waals surface area contributed by atoms with Gasteiger partial charge in [-0.05, 0) is 13.5 Å². The quantitative estimate of drug-likeness (QED) is 0.830. The fourth-order valence-electron chi connectivity index (χ4n) is 2.75. The summed E-state index contributed by atoms with van der Waals surface area (Å²) in [6.45, 7) is 3.94. The first-order chi connectivity index (χ1) is 10.0. The monoisotopic (exact) mass is 311 g/mol. The van der Waals surface area contributed by atoms with E-state index in [1.54, 1.807) is 6.33 Å². The maximum absolute atomic E-state index is 11.5. The van der Waals surface area contributed by atoms with E-state index in [1.165, 1.54) is 0 Å². The molecule has 21 heavy (non-hydrogen) atoms. The molecule has 2 aliphatic heterocycles. The van der Waals surface area contributed by atoms with E-state index >= 15 is 0 Å². The minimum atomic E-state index is -2.87. The predicted molar refractivity (Wildman–Crippen MR) is 82.4 cm³/mol. The average Bonchev–Trinajstić information content (AvgIpc) is 2.79. The lowest BCUT2D eigenvalue weighted by molar-refractivity contribution is 0.312. The van der Waals surface area contributed by atoms with E-state index in [4.69, 9.17) is 0 Å². The summed E-state index contributed by atoms with van der Waals surface area (Å²) in [5.74, 6) is 2.07. The molecule has 2 aliphatic rings. The number of sulfone groups is 1. The summed E-state index contributed by atoms with van der Waals surface area (Å²) in [7, 11) is -0.758. The molecule has 116 valence electrons. The fourth-order valence-corrected chi connectivity index (χ4v) is 4.43. The molecule has 1 N–H and O–H groups in total. The molecule has 7 nitrogen and oxygen atoms in total. The first-order valence-electron chi connectivity index (χ1n) is 7.24. The minimum Gasteiger partial charge on any atom is -0.366 e. The largest absolute Gasteiger partial charge is 0.366 e. The van der Waals surface area contributed by atoms with E-state index in [9.17, 15) is 8.42 Å². The Morgan fingerprint density at radius 1 is 1.24 bits per heavy atom. The Morgan fingerprint density at radius 3 is 2.67 bits per heavy atom. The van der Waals surface area contributed by atoms with Crippen LogP contribution in [-0.4, -0.2) is 74.1 Å². The van der Waals surface area contributed by atoms with Crippen LogP contribution in [0.4, 0.5) is 11.6 Å². The molecule has 1 aromatic rings. The maximum atomic E-state index is 11.5. The molecular weight excluding hydrogens is 290 g/mol. The summed E-state index contributed by atoms with van der Waals surface area (Å²) in [6, 6.07) is 1.88. The zero-order valence-corrected chi connectivity index (χ0v) is 13.0. The molecule has 2 fully saturated rings. The summed E-state index contributed by atoms with van der Waals surface area (Å²) in [5.41, 5.74) is 0. The molecule has 0 spiro atoms. The topological polar surface area (TPSA) is 78.4 Å². The summed E-state index contributed by atoms with van der Waals surface area (Å²) in [6.07, 6.45) is 2.19. The fraction of sp³-hybridized carbons (Fsp3) is 0.692. The Labute approximate surface area is 125 Å². The van der Waals surface area contributed by atoms with Crippen molar-refractivity contribution in [2.75, 3.05) is 54.9 Å². The van der Waals surface area contributed by atoms with Gasteiger partial charge in [0.25, 0.3) is 0 Å². The zero-order valence-electron chi connectivity index (χ0n) is 12.2. The van der Waals surface area contributed by atoms with Crippen LogP contribution < -0.4 is 10.2 Å². The standard InChI is InChI=1S/C13H21N5O2S/c1-17-3-5-18(6-4-17)13-8-12(14-10-15-13)16-11-2-7-21(19,20)9-11/h8,10-11H,2-7,9H2,1H3,(H,14,15,16). The zero-order chi connectivity index (χ0) is 14.9. The van der Waals surface area contributed by atoms with Gasteiger partial charge in [-0.2, -0.15) is 0 Å². The van der Waals surface area contributed by atoms with Crippen LogP contribution in [0.1, 0.15) is 6.42 Å². The van der Waals surface area contributed by atoms with Crippen molar-refractivity contribution in [2.45, 2.75) is 12.5 Å². The van der Waals surface area contributed by atoms with Gasteiger partial charge in [-0.15, -0.1) is 0 Å². The van der Waals surface area contributed by atoms with Crippen molar-refractivity contribution in [3.05, 3.63) is 12.4 Å². The molecule has 0 aromatic carbocycles. The Kier molecular flexibility index (Phi) is 3.99. The maximum Gasteiger partial charge on any atom is 0.152 e. The van der Waals surface area contributed by atoms with Gasteiger partial charge in [-0.3, -0.25) is 0 Å². The van der Waals surface area contributed by atoms with Crippen LogP contribution in [0.3, 0.4) is 0 Å². The van der Waals surface area contributed by atoms with Crippen molar-refractivity contribution in [3.63, 3.8) is 0 Å². The number of likely N-dealkylation sites (N-methyl/N-ethyl adjacent to an activating group) is 1. The van der Waals surface area contributed by atoms with Crippen LogP contribution in [0.15, 0.2) is 12.4 Å². The Hall–Kier alpha value is -1.41. The molecule has 1 unspecified atom stereocenters. The second-order valence-electron chi connectivity index (χ2n) is 5.80. The third kappa shape index (κ3) is 3.62. The first kappa shape index (κ1) is 14.5. The van der Waals surface area contributed by atoms with E-state index < -0.39 is 9.84 Å². The first-order valence-corrected chi connectivity index (χ1v) is 9.06. The highest BCUT2D eigenvalue weighted by atomic mass is 32.2. The number of aromatic nitrogens is 2. The lowest BCUT2D eigenvalue weighted by atomic mass is 10.2. The molecule has 3 heterocycles. The third-order valence-electron chi connectivity index (χ3n) is 4.06. The lowest BCUT2D eigenvalue weighted by Gasteiger charge is -2.33. The molecule has 0 amide bonds. The van der Waals surface area contributed by atoms with Crippen LogP contribution >= 0.6 is 0 Å². The summed E-state index contributed by atoms with van der Waals surface area (Å²) in [4.78, 5) is 13.1. The molecular formula is C13H21N5O2S. The average molecular weight is 311 g/mol. The van der Waals surface area contributed by atoms with Crippen LogP contribution in [-0.2, 0) is 9.84 Å². The van der Waals surface area contributed by atoms with Gasteiger partial charge >= 0.3 is 0 Å². The normalized spacial score (nSPS) is 26.0. The van der Waals surface area contributed by atoms with Gasteiger partial charge in [0.15, 0.2) is 9.84 Å². The highest BCUT2D eigenvalue weighted by Crippen LogP contribution is 2.19. The molecule has 1 aromatic heterocycles. The summed E-state index contributed by atoms with van der Waals surface area (Å²) < 4.78 is 23.0. The minimum absolute atomic E-state index is 0.0368. The molecule has 2 saturated heterocycles. The SMILES string of the molecule is CN1CCN(c2cc(NC3CCS(=O)(=O)C3)ncn2)CC1. The van der Waals surface area contributed by atoms with Gasteiger partial charge in [0.05, 0.1) is 11.5 Å². The van der Waals surface area contributed by atoms with E-state index in [0.29, 0.717) is 12.2 Å². The highest BCUT2D eigenvalue weighted by Gasteiger charge is 2.28. The molecule has 1 atom stereocenters. The van der Waals surface area contributed by atoms with Crippen molar-refractivity contribution in [2.24, 2.45) is 0 Å². The van der Waals surface area contributed by atoms with E-state index in [0.717, 1.165) is 32.0 Å². The van der Waals surface area contributed by atoms with Crippen LogP contribution in [0, 0.1) is 0 Å². The van der Waals surface area contributed by atoms with Crippen molar-refractivity contribution in [1.82, 2.24) is 14.9 Å². The van der Waals surface area contributed by atoms with E-state index in [2.05, 4.69) is 32.1 Å².